The Morgan fingerprint density at radius 2 is 1.71 bits per heavy atom. The molecule has 21 heavy (non-hydrogen) atoms. The molecule has 2 aromatic rings. The summed E-state index contributed by atoms with van der Waals surface area (Å²) in [5, 5.41) is 12.5. The predicted octanol–water partition coefficient (Wildman–Crippen LogP) is 4.32. The largest absolute Gasteiger partial charge is 0.507 e. The van der Waals surface area contributed by atoms with Gasteiger partial charge in [-0.3, -0.25) is 4.79 Å². The van der Waals surface area contributed by atoms with Gasteiger partial charge in [0.05, 0.1) is 11.1 Å². The number of nitrogens with one attached hydrogen (secondary N) is 1. The average molecular weight is 316 g/mol. The Kier molecular flexibility index (Phi) is 4.09. The molecule has 0 aromatic heterocycles. The predicted molar refractivity (Wildman–Crippen MR) is 72.5 cm³/mol. The van der Waals surface area contributed by atoms with Gasteiger partial charge in [-0.2, -0.15) is 13.2 Å². The summed E-state index contributed by atoms with van der Waals surface area (Å²) >= 11 is 5.69. The second-order valence-corrected chi connectivity index (χ2v) is 4.63. The summed E-state index contributed by atoms with van der Waals surface area (Å²) in [6.07, 6.45) is -4.58. The molecule has 0 fully saturated rings. The Hall–Kier alpha value is -2.21. The molecule has 2 rings (SSSR count). The summed E-state index contributed by atoms with van der Waals surface area (Å²) in [5.41, 5.74) is -0.871. The van der Waals surface area contributed by atoms with Gasteiger partial charge in [0.1, 0.15) is 5.75 Å². The molecule has 2 aromatic carbocycles. The van der Waals surface area contributed by atoms with E-state index < -0.39 is 23.4 Å². The zero-order valence-electron chi connectivity index (χ0n) is 10.4. The van der Waals surface area contributed by atoms with Gasteiger partial charge < -0.3 is 10.4 Å². The standard InChI is InChI=1S/C14H9ClF3NO2/c15-9-2-4-10(5-3-9)19-13(21)11-6-1-8(7-12(11)20)14(16,17)18/h1-7,20H,(H,19,21). The van der Waals surface area contributed by atoms with Crippen LogP contribution in [-0.2, 0) is 6.18 Å². The first-order chi connectivity index (χ1) is 9.77. The molecule has 0 radical (unpaired) electrons. The first kappa shape index (κ1) is 15.2. The van der Waals surface area contributed by atoms with Crippen molar-refractivity contribution in [3.05, 3.63) is 58.6 Å². The van der Waals surface area contributed by atoms with Crippen LogP contribution in [0.5, 0.6) is 5.75 Å². The SMILES string of the molecule is O=C(Nc1ccc(Cl)cc1)c1ccc(C(F)(F)F)cc1O. The number of halogens is 4. The minimum Gasteiger partial charge on any atom is -0.507 e. The van der Waals surface area contributed by atoms with Crippen LogP contribution in [0, 0.1) is 0 Å². The third-order valence-electron chi connectivity index (χ3n) is 2.67. The lowest BCUT2D eigenvalue weighted by Crippen LogP contribution is -2.13. The highest BCUT2D eigenvalue weighted by atomic mass is 35.5. The molecule has 0 atom stereocenters. The normalized spacial score (nSPS) is 11.2. The van der Waals surface area contributed by atoms with Crippen molar-refractivity contribution >= 4 is 23.2 Å². The lowest BCUT2D eigenvalue weighted by atomic mass is 10.1. The van der Waals surface area contributed by atoms with Crippen LogP contribution in [0.4, 0.5) is 18.9 Å². The van der Waals surface area contributed by atoms with E-state index in [0.717, 1.165) is 12.1 Å². The van der Waals surface area contributed by atoms with Crippen molar-refractivity contribution in [3.63, 3.8) is 0 Å². The maximum Gasteiger partial charge on any atom is 0.416 e. The number of phenols is 1. The molecule has 1 amide bonds. The number of carbonyl (C=O) groups excluding carboxylic acids is 1. The number of carbonyl (C=O) groups is 1. The summed E-state index contributed by atoms with van der Waals surface area (Å²) in [4.78, 5) is 11.9. The third-order valence-corrected chi connectivity index (χ3v) is 2.92. The molecule has 7 heteroatoms. The molecule has 0 aliphatic rings. The van der Waals surface area contributed by atoms with Gasteiger partial charge >= 0.3 is 6.18 Å². The van der Waals surface area contributed by atoms with Gasteiger partial charge in [0.15, 0.2) is 0 Å². The van der Waals surface area contributed by atoms with Crippen molar-refractivity contribution in [1.82, 2.24) is 0 Å². The van der Waals surface area contributed by atoms with Crippen molar-refractivity contribution in [1.29, 1.82) is 0 Å². The van der Waals surface area contributed by atoms with Crippen LogP contribution in [-0.4, -0.2) is 11.0 Å². The molecule has 0 heterocycles. The first-order valence-corrected chi connectivity index (χ1v) is 6.12. The monoisotopic (exact) mass is 315 g/mol. The van der Waals surface area contributed by atoms with E-state index in [2.05, 4.69) is 5.32 Å². The first-order valence-electron chi connectivity index (χ1n) is 5.74. The third kappa shape index (κ3) is 3.66. The minimum absolute atomic E-state index is 0.252. The van der Waals surface area contributed by atoms with Crippen LogP contribution >= 0.6 is 11.6 Å². The van der Waals surface area contributed by atoms with E-state index in [9.17, 15) is 23.1 Å². The van der Waals surface area contributed by atoms with Crippen LogP contribution in [0.25, 0.3) is 0 Å². The number of amides is 1. The number of anilines is 1. The zero-order chi connectivity index (χ0) is 15.6. The highest BCUT2D eigenvalue weighted by Gasteiger charge is 2.31. The van der Waals surface area contributed by atoms with E-state index >= 15 is 0 Å². The lowest BCUT2D eigenvalue weighted by molar-refractivity contribution is -0.137. The molecule has 0 saturated carbocycles. The zero-order valence-corrected chi connectivity index (χ0v) is 11.2. The minimum atomic E-state index is -4.58. The molecule has 0 unspecified atom stereocenters. The van der Waals surface area contributed by atoms with Crippen LogP contribution in [0.1, 0.15) is 15.9 Å². The number of alkyl halides is 3. The highest BCUT2D eigenvalue weighted by molar-refractivity contribution is 6.30. The van der Waals surface area contributed by atoms with Gasteiger partial charge in [-0.25, -0.2) is 0 Å². The molecule has 0 aliphatic carbocycles. The highest BCUT2D eigenvalue weighted by Crippen LogP contribution is 2.32. The van der Waals surface area contributed by atoms with Gasteiger partial charge in [0.25, 0.3) is 5.91 Å². The number of hydrogen-bond acceptors (Lipinski definition) is 2. The summed E-state index contributed by atoms with van der Waals surface area (Å²) in [7, 11) is 0. The van der Waals surface area contributed by atoms with Crippen molar-refractivity contribution < 1.29 is 23.1 Å². The quantitative estimate of drug-likeness (QED) is 0.867. The Morgan fingerprint density at radius 3 is 2.24 bits per heavy atom. The smallest absolute Gasteiger partial charge is 0.416 e. The van der Waals surface area contributed by atoms with Crippen molar-refractivity contribution in [2.75, 3.05) is 5.32 Å². The molecule has 110 valence electrons. The van der Waals surface area contributed by atoms with E-state index in [1.807, 2.05) is 0 Å². The van der Waals surface area contributed by atoms with Crippen LogP contribution in [0.3, 0.4) is 0 Å². The van der Waals surface area contributed by atoms with Gasteiger partial charge in [-0.05, 0) is 42.5 Å². The molecule has 0 aliphatic heterocycles. The Bertz CT molecular complexity index is 669. The lowest BCUT2D eigenvalue weighted by Gasteiger charge is -2.10. The fourth-order valence-corrected chi connectivity index (χ4v) is 1.76. The fraction of sp³-hybridized carbons (Fsp3) is 0.0714. The molecule has 0 spiro atoms. The number of phenolic OH excluding ortho intramolecular Hbond substituents is 1. The molecule has 2 N–H and O–H groups in total. The molecule has 0 saturated heterocycles. The number of hydrogen-bond donors (Lipinski definition) is 2. The Balaban J connectivity index is 2.22. The van der Waals surface area contributed by atoms with E-state index in [4.69, 9.17) is 11.6 Å². The van der Waals surface area contributed by atoms with Gasteiger partial charge in [-0.15, -0.1) is 0 Å². The van der Waals surface area contributed by atoms with Crippen LogP contribution in [0.2, 0.25) is 5.02 Å². The van der Waals surface area contributed by atoms with Crippen LogP contribution < -0.4 is 5.32 Å². The summed E-state index contributed by atoms with van der Waals surface area (Å²) in [6.45, 7) is 0. The maximum atomic E-state index is 12.5. The van der Waals surface area contributed by atoms with Gasteiger partial charge in [0, 0.05) is 10.7 Å². The second-order valence-electron chi connectivity index (χ2n) is 4.19. The number of rotatable bonds is 2. The number of benzene rings is 2. The molecule has 0 bridgehead atoms. The molecular formula is C14H9ClF3NO2. The van der Waals surface area contributed by atoms with Gasteiger partial charge in [-0.1, -0.05) is 11.6 Å². The molecular weight excluding hydrogens is 307 g/mol. The molecule has 3 nitrogen and oxygen atoms in total. The maximum absolute atomic E-state index is 12.5. The van der Waals surface area contributed by atoms with Crippen LogP contribution in [0.15, 0.2) is 42.5 Å². The topological polar surface area (TPSA) is 49.3 Å². The van der Waals surface area contributed by atoms with Crippen molar-refractivity contribution in [3.8, 4) is 5.75 Å². The number of aromatic hydroxyl groups is 1. The van der Waals surface area contributed by atoms with Gasteiger partial charge in [0.2, 0.25) is 0 Å². The summed E-state index contributed by atoms with van der Waals surface area (Å²) in [5.74, 6) is -1.46. The van der Waals surface area contributed by atoms with E-state index in [1.165, 1.54) is 12.1 Å². The van der Waals surface area contributed by atoms with E-state index in [-0.39, 0.29) is 5.56 Å². The summed E-state index contributed by atoms with van der Waals surface area (Å²) < 4.78 is 37.4. The van der Waals surface area contributed by atoms with E-state index in [1.54, 1.807) is 12.1 Å². The second kappa shape index (κ2) is 5.65. The van der Waals surface area contributed by atoms with Crippen molar-refractivity contribution in [2.45, 2.75) is 6.18 Å². The fourth-order valence-electron chi connectivity index (χ4n) is 1.63. The Morgan fingerprint density at radius 1 is 1.10 bits per heavy atom. The van der Waals surface area contributed by atoms with E-state index in [0.29, 0.717) is 16.8 Å². The summed E-state index contributed by atoms with van der Waals surface area (Å²) in [6, 6.07) is 8.31. The van der Waals surface area contributed by atoms with Crippen molar-refractivity contribution in [2.24, 2.45) is 0 Å². The average Bonchev–Trinajstić information content (AvgIpc) is 2.40. The Labute approximate surface area is 123 Å².